The zero-order valence-corrected chi connectivity index (χ0v) is 12.7. The lowest BCUT2D eigenvalue weighted by atomic mass is 9.85. The van der Waals surface area contributed by atoms with E-state index in [1.165, 1.54) is 12.8 Å². The van der Waals surface area contributed by atoms with Gasteiger partial charge in [-0.3, -0.25) is 9.69 Å². The molecule has 0 aliphatic carbocycles. The summed E-state index contributed by atoms with van der Waals surface area (Å²) in [5.74, 6) is 0.250. The predicted octanol–water partition coefficient (Wildman–Crippen LogP) is 2.63. The van der Waals surface area contributed by atoms with Gasteiger partial charge in [0.25, 0.3) is 0 Å². The molecule has 0 aromatic carbocycles. The van der Waals surface area contributed by atoms with Crippen LogP contribution in [0.15, 0.2) is 0 Å². The molecule has 2 aliphatic rings. The fraction of sp³-hybridized carbons (Fsp3) is 0.933. The summed E-state index contributed by atoms with van der Waals surface area (Å²) in [6.45, 7) is 14.4. The Kier molecular flexibility index (Phi) is 3.14. The van der Waals surface area contributed by atoms with Gasteiger partial charge in [0.15, 0.2) is 5.78 Å². The first kappa shape index (κ1) is 14.0. The van der Waals surface area contributed by atoms with Crippen LogP contribution in [0.3, 0.4) is 0 Å². The van der Waals surface area contributed by atoms with Crippen molar-refractivity contribution in [2.45, 2.75) is 71.1 Å². The molecule has 0 aromatic rings. The monoisotopic (exact) mass is 253 g/mol. The van der Waals surface area contributed by atoms with E-state index < -0.39 is 5.60 Å². The number of nitrogens with zero attached hydrogens (tertiary/aromatic N) is 1. The van der Waals surface area contributed by atoms with Crippen LogP contribution >= 0.6 is 0 Å². The van der Waals surface area contributed by atoms with E-state index in [1.54, 1.807) is 0 Å². The molecule has 2 heterocycles. The molecule has 3 nitrogen and oxygen atoms in total. The molecule has 0 N–H and O–H groups in total. The number of hydrogen-bond acceptors (Lipinski definition) is 3. The van der Waals surface area contributed by atoms with Gasteiger partial charge in [-0.25, -0.2) is 0 Å². The average molecular weight is 253 g/mol. The van der Waals surface area contributed by atoms with E-state index in [0.29, 0.717) is 0 Å². The van der Waals surface area contributed by atoms with Gasteiger partial charge < -0.3 is 4.74 Å². The van der Waals surface area contributed by atoms with Crippen LogP contribution in [0, 0.1) is 5.92 Å². The van der Waals surface area contributed by atoms with Gasteiger partial charge in [-0.1, -0.05) is 0 Å². The van der Waals surface area contributed by atoms with Crippen LogP contribution in [0.1, 0.15) is 54.4 Å². The van der Waals surface area contributed by atoms with Crippen LogP contribution in [-0.2, 0) is 9.53 Å². The van der Waals surface area contributed by atoms with E-state index in [-0.39, 0.29) is 22.8 Å². The van der Waals surface area contributed by atoms with Gasteiger partial charge in [-0.2, -0.15) is 0 Å². The largest absolute Gasteiger partial charge is 0.361 e. The third-order valence-corrected chi connectivity index (χ3v) is 4.74. The normalized spacial score (nSPS) is 34.1. The van der Waals surface area contributed by atoms with Crippen molar-refractivity contribution in [3.05, 3.63) is 0 Å². The second-order valence-corrected chi connectivity index (χ2v) is 7.49. The Morgan fingerprint density at radius 1 is 1.22 bits per heavy atom. The highest BCUT2D eigenvalue weighted by Gasteiger charge is 2.54. The summed E-state index contributed by atoms with van der Waals surface area (Å²) in [5, 5.41) is 0. The maximum absolute atomic E-state index is 12.5. The van der Waals surface area contributed by atoms with Crippen molar-refractivity contribution in [3.8, 4) is 0 Å². The van der Waals surface area contributed by atoms with E-state index in [9.17, 15) is 4.79 Å². The zero-order chi connectivity index (χ0) is 13.8. The molecule has 3 heteroatoms. The topological polar surface area (TPSA) is 29.5 Å². The molecule has 2 aliphatic heterocycles. The molecular formula is C15H27NO2. The van der Waals surface area contributed by atoms with Crippen LogP contribution < -0.4 is 0 Å². The minimum Gasteiger partial charge on any atom is -0.361 e. The quantitative estimate of drug-likeness (QED) is 0.757. The standard InChI is InChI=1S/C15H27NO2/c1-13(2)8-7-9-16(13)10-11-12(17)15(5,6)18-14(11,3)4/h11H,7-10H2,1-6H3. The Balaban J connectivity index is 2.16. The lowest BCUT2D eigenvalue weighted by Gasteiger charge is -2.36. The molecule has 0 saturated carbocycles. The van der Waals surface area contributed by atoms with Crippen molar-refractivity contribution in [1.82, 2.24) is 4.90 Å². The maximum atomic E-state index is 12.5. The van der Waals surface area contributed by atoms with Crippen molar-refractivity contribution >= 4 is 5.78 Å². The predicted molar refractivity (Wildman–Crippen MR) is 72.6 cm³/mol. The summed E-state index contributed by atoms with van der Waals surface area (Å²) in [4.78, 5) is 15.0. The van der Waals surface area contributed by atoms with Gasteiger partial charge in [-0.05, 0) is 60.9 Å². The number of carbonyl (C=O) groups is 1. The molecule has 104 valence electrons. The van der Waals surface area contributed by atoms with Crippen molar-refractivity contribution in [2.75, 3.05) is 13.1 Å². The molecular weight excluding hydrogens is 226 g/mol. The molecule has 18 heavy (non-hydrogen) atoms. The number of ether oxygens (including phenoxy) is 1. The fourth-order valence-electron chi connectivity index (χ4n) is 3.54. The third-order valence-electron chi connectivity index (χ3n) is 4.74. The molecule has 0 amide bonds. The lowest BCUT2D eigenvalue weighted by molar-refractivity contribution is -0.132. The van der Waals surface area contributed by atoms with Crippen LogP contribution in [0.2, 0.25) is 0 Å². The Morgan fingerprint density at radius 3 is 2.22 bits per heavy atom. The maximum Gasteiger partial charge on any atom is 0.171 e. The van der Waals surface area contributed by atoms with E-state index in [2.05, 4.69) is 18.7 Å². The SMILES string of the molecule is CC1(C)OC(C)(C)C(CN2CCCC2(C)C)C1=O. The Morgan fingerprint density at radius 2 is 1.83 bits per heavy atom. The van der Waals surface area contributed by atoms with Crippen LogP contribution in [0.4, 0.5) is 0 Å². The highest BCUT2D eigenvalue weighted by molar-refractivity contribution is 5.91. The summed E-state index contributed by atoms with van der Waals surface area (Å²) in [5.41, 5.74) is -0.750. The van der Waals surface area contributed by atoms with Crippen LogP contribution in [-0.4, -0.2) is 40.5 Å². The smallest absolute Gasteiger partial charge is 0.171 e. The molecule has 2 saturated heterocycles. The van der Waals surface area contributed by atoms with Gasteiger partial charge in [0.05, 0.1) is 11.5 Å². The molecule has 1 unspecified atom stereocenters. The lowest BCUT2D eigenvalue weighted by Crippen LogP contribution is -2.46. The number of Topliss-reactive ketones (excluding diaryl/α,β-unsaturated/α-hetero) is 1. The number of hydrogen-bond donors (Lipinski definition) is 0. The van der Waals surface area contributed by atoms with Crippen LogP contribution in [0.25, 0.3) is 0 Å². The second kappa shape index (κ2) is 4.04. The summed E-state index contributed by atoms with van der Waals surface area (Å²) in [7, 11) is 0. The Bertz CT molecular complexity index is 358. The second-order valence-electron chi connectivity index (χ2n) is 7.49. The fourth-order valence-corrected chi connectivity index (χ4v) is 3.54. The van der Waals surface area contributed by atoms with Gasteiger partial charge in [0, 0.05) is 12.1 Å². The Hall–Kier alpha value is -0.410. The third kappa shape index (κ3) is 2.23. The molecule has 0 bridgehead atoms. The number of ketones is 1. The minimum atomic E-state index is -0.627. The van der Waals surface area contributed by atoms with Gasteiger partial charge >= 0.3 is 0 Å². The summed E-state index contributed by atoms with van der Waals surface area (Å²) in [6.07, 6.45) is 2.46. The summed E-state index contributed by atoms with van der Waals surface area (Å²) >= 11 is 0. The highest BCUT2D eigenvalue weighted by atomic mass is 16.5. The van der Waals surface area contributed by atoms with Gasteiger partial charge in [0.2, 0.25) is 0 Å². The molecule has 0 aromatic heterocycles. The van der Waals surface area contributed by atoms with E-state index in [1.807, 2.05) is 27.7 Å². The van der Waals surface area contributed by atoms with Crippen LogP contribution in [0.5, 0.6) is 0 Å². The Labute approximate surface area is 111 Å². The molecule has 1 atom stereocenters. The number of likely N-dealkylation sites (tertiary alicyclic amines) is 1. The first-order valence-electron chi connectivity index (χ1n) is 7.06. The minimum absolute atomic E-state index is 0.00938. The van der Waals surface area contributed by atoms with Gasteiger partial charge in [-0.15, -0.1) is 0 Å². The summed E-state index contributed by atoms with van der Waals surface area (Å²) < 4.78 is 5.96. The average Bonchev–Trinajstić information content (AvgIpc) is 2.57. The zero-order valence-electron chi connectivity index (χ0n) is 12.7. The van der Waals surface area contributed by atoms with Crippen molar-refractivity contribution in [1.29, 1.82) is 0 Å². The molecule has 2 rings (SSSR count). The summed E-state index contributed by atoms with van der Waals surface area (Å²) in [6, 6.07) is 0. The number of carbonyl (C=O) groups excluding carboxylic acids is 1. The molecule has 0 radical (unpaired) electrons. The van der Waals surface area contributed by atoms with Crippen molar-refractivity contribution in [3.63, 3.8) is 0 Å². The van der Waals surface area contributed by atoms with Gasteiger partial charge in [0.1, 0.15) is 5.60 Å². The van der Waals surface area contributed by atoms with Crippen molar-refractivity contribution < 1.29 is 9.53 Å². The first-order chi connectivity index (χ1) is 8.06. The van der Waals surface area contributed by atoms with E-state index in [4.69, 9.17) is 4.74 Å². The van der Waals surface area contributed by atoms with E-state index >= 15 is 0 Å². The van der Waals surface area contributed by atoms with E-state index in [0.717, 1.165) is 13.1 Å². The van der Waals surface area contributed by atoms with Crippen molar-refractivity contribution in [2.24, 2.45) is 5.92 Å². The molecule has 2 fully saturated rings. The number of rotatable bonds is 2. The first-order valence-corrected chi connectivity index (χ1v) is 7.06. The molecule has 0 spiro atoms. The highest BCUT2D eigenvalue weighted by Crippen LogP contribution is 2.41.